The van der Waals surface area contributed by atoms with Crippen molar-refractivity contribution in [3.8, 4) is 17.3 Å². The highest BCUT2D eigenvalue weighted by Gasteiger charge is 2.27. The summed E-state index contributed by atoms with van der Waals surface area (Å²) < 4.78 is 20.2. The molecule has 11 heteroatoms. The molecule has 0 radical (unpaired) electrons. The molecule has 3 aromatic heterocycles. The minimum absolute atomic E-state index is 0.0199. The van der Waals surface area contributed by atoms with Gasteiger partial charge in [-0.15, -0.1) is 0 Å². The number of fused-ring (bicyclic) bond motifs is 1. The quantitative estimate of drug-likeness (QED) is 0.0477. The molecule has 0 saturated heterocycles. The average Bonchev–Trinajstić information content (AvgIpc) is 3.94. The Morgan fingerprint density at radius 1 is 0.981 bits per heavy atom. The van der Waals surface area contributed by atoms with Gasteiger partial charge in [0.05, 0.1) is 37.0 Å². The van der Waals surface area contributed by atoms with Crippen LogP contribution in [0.1, 0.15) is 148 Å². The van der Waals surface area contributed by atoms with Crippen molar-refractivity contribution in [2.24, 2.45) is 5.92 Å². The maximum absolute atomic E-state index is 12.3. The van der Waals surface area contributed by atoms with Crippen molar-refractivity contribution in [1.82, 2.24) is 24.3 Å². The van der Waals surface area contributed by atoms with Crippen LogP contribution >= 0.6 is 0 Å². The van der Waals surface area contributed by atoms with Crippen LogP contribution in [0.15, 0.2) is 43.1 Å². The molecule has 0 unspecified atom stereocenters. The van der Waals surface area contributed by atoms with Gasteiger partial charge < -0.3 is 14.2 Å². The predicted molar refractivity (Wildman–Crippen MR) is 202 cm³/mol. The zero-order valence-corrected chi connectivity index (χ0v) is 31.6. The summed E-state index contributed by atoms with van der Waals surface area (Å²) in [4.78, 5) is 33.6. The number of esters is 1. The molecule has 1 fully saturated rings. The first-order chi connectivity index (χ1) is 25.5. The lowest BCUT2D eigenvalue weighted by molar-refractivity contribution is -0.149. The fourth-order valence-corrected chi connectivity index (χ4v) is 7.08. The molecule has 284 valence electrons. The second-order valence-corrected chi connectivity index (χ2v) is 14.1. The van der Waals surface area contributed by atoms with Gasteiger partial charge in [-0.2, -0.15) is 10.4 Å². The number of carbonyl (C=O) groups is 2. The summed E-state index contributed by atoms with van der Waals surface area (Å²) in [5.41, 5.74) is 2.26. The highest BCUT2D eigenvalue weighted by Crippen LogP contribution is 2.37. The lowest BCUT2D eigenvalue weighted by Crippen LogP contribution is -2.17. The monoisotopic (exact) mass is 716 g/mol. The second-order valence-electron chi connectivity index (χ2n) is 14.1. The van der Waals surface area contributed by atoms with Gasteiger partial charge in [-0.1, -0.05) is 83.8 Å². The summed E-state index contributed by atoms with van der Waals surface area (Å²) in [6.07, 6.45) is 30.7. The number of aromatic nitrogens is 5. The van der Waals surface area contributed by atoms with Crippen molar-refractivity contribution in [2.45, 2.75) is 161 Å². The van der Waals surface area contributed by atoms with Crippen LogP contribution in [0.2, 0.25) is 0 Å². The molecule has 0 N–H and O–H groups in total. The number of unbranched alkanes of at least 4 members (excludes halogenated alkanes) is 9. The standard InChI is InChI=1S/C41H60N6O5/c1-3-5-7-14-21-35(52-38(48)23-13-6-4-2)22-15-11-9-8-10-12-18-28-50-41(49)51-32-46-27-25-36-39(43-31-44-40(36)46)34-29-45-47(30-34)37(24-26-42)33-19-16-17-20-33/h11,15,25,27,29-31,33,35,37H,3-10,12-14,16-24,28,32H2,1-2H3/b15-11-/t35-,37-/m1/s1. The van der Waals surface area contributed by atoms with Crippen LogP contribution < -0.4 is 0 Å². The van der Waals surface area contributed by atoms with E-state index in [-0.39, 0.29) is 24.8 Å². The van der Waals surface area contributed by atoms with Gasteiger partial charge in [0.25, 0.3) is 0 Å². The van der Waals surface area contributed by atoms with E-state index in [0.717, 1.165) is 100 Å². The second kappa shape index (κ2) is 23.4. The van der Waals surface area contributed by atoms with Gasteiger partial charge in [-0.05, 0) is 63.4 Å². The summed E-state index contributed by atoms with van der Waals surface area (Å²) in [7, 11) is 0. The molecule has 1 saturated carbocycles. The molecule has 2 atom stereocenters. The molecular formula is C41H60N6O5. The van der Waals surface area contributed by atoms with E-state index in [9.17, 15) is 14.9 Å². The summed E-state index contributed by atoms with van der Waals surface area (Å²) in [6, 6.07) is 4.32. The van der Waals surface area contributed by atoms with Crippen LogP contribution in [-0.2, 0) is 25.7 Å². The van der Waals surface area contributed by atoms with E-state index in [2.05, 4.69) is 47.1 Å². The highest BCUT2D eigenvalue weighted by atomic mass is 16.7. The lowest BCUT2D eigenvalue weighted by atomic mass is 9.96. The topological polar surface area (TPSA) is 134 Å². The van der Waals surface area contributed by atoms with Gasteiger partial charge in [0.15, 0.2) is 6.73 Å². The van der Waals surface area contributed by atoms with Crippen LogP contribution in [0, 0.1) is 17.2 Å². The van der Waals surface area contributed by atoms with E-state index in [4.69, 9.17) is 14.2 Å². The molecule has 0 aliphatic heterocycles. The normalized spacial score (nSPS) is 14.5. The molecule has 4 rings (SSSR count). The SMILES string of the molecule is CCCCCC[C@H](C/C=C\CCCCCCOC(=O)OCn1ccc2c(-c3cnn([C@H](CC#N)C4CCCC4)c3)ncnc21)OC(=O)CCCCC. The first-order valence-electron chi connectivity index (χ1n) is 19.9. The molecule has 0 amide bonds. The molecule has 0 aromatic carbocycles. The first kappa shape index (κ1) is 40.6. The summed E-state index contributed by atoms with van der Waals surface area (Å²) >= 11 is 0. The number of rotatable bonds is 25. The van der Waals surface area contributed by atoms with Crippen molar-refractivity contribution in [3.05, 3.63) is 43.1 Å². The highest BCUT2D eigenvalue weighted by molar-refractivity contribution is 5.90. The van der Waals surface area contributed by atoms with Crippen LogP contribution in [-0.4, -0.2) is 49.2 Å². The Balaban J connectivity index is 1.12. The Labute approximate surface area is 310 Å². The Morgan fingerprint density at radius 3 is 2.58 bits per heavy atom. The number of hydrogen-bond donors (Lipinski definition) is 0. The molecule has 1 aliphatic carbocycles. The van der Waals surface area contributed by atoms with Gasteiger partial charge in [0, 0.05) is 36.2 Å². The lowest BCUT2D eigenvalue weighted by Gasteiger charge is -2.21. The minimum Gasteiger partial charge on any atom is -0.462 e. The molecule has 11 nitrogen and oxygen atoms in total. The largest absolute Gasteiger partial charge is 0.510 e. The Bertz CT molecular complexity index is 1550. The number of nitriles is 1. The van der Waals surface area contributed by atoms with Crippen molar-refractivity contribution >= 4 is 23.2 Å². The van der Waals surface area contributed by atoms with Gasteiger partial charge in [-0.3, -0.25) is 14.0 Å². The maximum atomic E-state index is 12.3. The Morgan fingerprint density at radius 2 is 1.77 bits per heavy atom. The molecule has 0 bridgehead atoms. The zero-order valence-electron chi connectivity index (χ0n) is 31.6. The van der Waals surface area contributed by atoms with Crippen molar-refractivity contribution in [3.63, 3.8) is 0 Å². The fourth-order valence-electron chi connectivity index (χ4n) is 7.08. The number of carbonyl (C=O) groups excluding carboxylic acids is 2. The Kier molecular flexibility index (Phi) is 18.2. The van der Waals surface area contributed by atoms with E-state index in [1.807, 2.05) is 23.1 Å². The van der Waals surface area contributed by atoms with Crippen molar-refractivity contribution in [2.75, 3.05) is 6.61 Å². The first-order valence-corrected chi connectivity index (χ1v) is 19.9. The number of nitrogens with zero attached hydrogens (tertiary/aromatic N) is 6. The van der Waals surface area contributed by atoms with E-state index >= 15 is 0 Å². The van der Waals surface area contributed by atoms with Crippen LogP contribution in [0.3, 0.4) is 0 Å². The van der Waals surface area contributed by atoms with Crippen LogP contribution in [0.5, 0.6) is 0 Å². The summed E-state index contributed by atoms with van der Waals surface area (Å²) in [5, 5.41) is 14.9. The molecule has 0 spiro atoms. The fraction of sp³-hybridized carbons (Fsp3) is 0.659. The summed E-state index contributed by atoms with van der Waals surface area (Å²) in [6.45, 7) is 4.64. The molecule has 3 heterocycles. The third-order valence-corrected chi connectivity index (χ3v) is 10.0. The maximum Gasteiger partial charge on any atom is 0.510 e. The smallest absolute Gasteiger partial charge is 0.462 e. The van der Waals surface area contributed by atoms with E-state index in [0.29, 0.717) is 31.0 Å². The summed E-state index contributed by atoms with van der Waals surface area (Å²) in [5.74, 6) is 0.412. The third-order valence-electron chi connectivity index (χ3n) is 10.0. The Hall–Kier alpha value is -4.20. The predicted octanol–water partition coefficient (Wildman–Crippen LogP) is 10.4. The van der Waals surface area contributed by atoms with Crippen LogP contribution in [0.4, 0.5) is 4.79 Å². The zero-order chi connectivity index (χ0) is 36.8. The van der Waals surface area contributed by atoms with Crippen molar-refractivity contribution < 1.29 is 23.8 Å². The van der Waals surface area contributed by atoms with Crippen LogP contribution in [0.25, 0.3) is 22.3 Å². The molecule has 3 aromatic rings. The molecule has 1 aliphatic rings. The molecule has 52 heavy (non-hydrogen) atoms. The van der Waals surface area contributed by atoms with Gasteiger partial charge in [-0.25, -0.2) is 14.8 Å². The van der Waals surface area contributed by atoms with E-state index < -0.39 is 6.16 Å². The van der Waals surface area contributed by atoms with Gasteiger partial charge in [0.1, 0.15) is 18.1 Å². The van der Waals surface area contributed by atoms with Gasteiger partial charge >= 0.3 is 12.1 Å². The number of hydrogen-bond acceptors (Lipinski definition) is 9. The molecular weight excluding hydrogens is 656 g/mol. The van der Waals surface area contributed by atoms with Crippen molar-refractivity contribution in [1.29, 1.82) is 5.26 Å². The average molecular weight is 717 g/mol. The van der Waals surface area contributed by atoms with Gasteiger partial charge in [0.2, 0.25) is 0 Å². The number of allylic oxidation sites excluding steroid dienone is 1. The van der Waals surface area contributed by atoms with E-state index in [1.54, 1.807) is 10.8 Å². The number of ether oxygens (including phenoxy) is 3. The minimum atomic E-state index is -0.703. The third kappa shape index (κ3) is 13.4. The van der Waals surface area contributed by atoms with E-state index in [1.165, 1.54) is 38.4 Å².